The minimum absolute atomic E-state index is 0.123. The van der Waals surface area contributed by atoms with E-state index in [1.54, 1.807) is 42.6 Å². The van der Waals surface area contributed by atoms with E-state index < -0.39 is 0 Å². The molecule has 0 bridgehead atoms. The molecule has 1 amide bonds. The van der Waals surface area contributed by atoms with E-state index in [1.165, 1.54) is 0 Å². The van der Waals surface area contributed by atoms with Crippen molar-refractivity contribution in [2.24, 2.45) is 0 Å². The van der Waals surface area contributed by atoms with Gasteiger partial charge in [0.15, 0.2) is 0 Å². The lowest BCUT2D eigenvalue weighted by Crippen LogP contribution is -2.14. The summed E-state index contributed by atoms with van der Waals surface area (Å²) < 4.78 is 0. The summed E-state index contributed by atoms with van der Waals surface area (Å²) in [5, 5.41) is 15.4. The van der Waals surface area contributed by atoms with Crippen molar-refractivity contribution in [3.8, 4) is 6.07 Å². The predicted molar refractivity (Wildman–Crippen MR) is 102 cm³/mol. The molecule has 0 saturated carbocycles. The van der Waals surface area contributed by atoms with Gasteiger partial charge in [-0.25, -0.2) is 4.98 Å². The van der Waals surface area contributed by atoms with E-state index in [-0.39, 0.29) is 12.3 Å². The Kier molecular flexibility index (Phi) is 5.47. The molecule has 2 N–H and O–H groups in total. The molecule has 5 nitrogen and oxygen atoms in total. The van der Waals surface area contributed by atoms with Gasteiger partial charge in [0, 0.05) is 10.7 Å². The molecule has 26 heavy (non-hydrogen) atoms. The Hall–Kier alpha value is -3.36. The lowest BCUT2D eigenvalue weighted by Gasteiger charge is -2.08. The van der Waals surface area contributed by atoms with Crippen LogP contribution in [0.25, 0.3) is 0 Å². The average molecular weight is 363 g/mol. The second-order valence-electron chi connectivity index (χ2n) is 5.60. The molecule has 6 heteroatoms. The molecule has 0 atom stereocenters. The molecular weight excluding hydrogens is 348 g/mol. The van der Waals surface area contributed by atoms with Crippen LogP contribution in [0.2, 0.25) is 5.02 Å². The first-order valence-corrected chi connectivity index (χ1v) is 8.28. The van der Waals surface area contributed by atoms with E-state index in [1.807, 2.05) is 24.3 Å². The highest BCUT2D eigenvalue weighted by Crippen LogP contribution is 2.17. The first-order valence-electron chi connectivity index (χ1n) is 7.90. The molecular formula is C20H15ClN4O. The third-order valence-corrected chi connectivity index (χ3v) is 3.86. The minimum atomic E-state index is -0.123. The highest BCUT2D eigenvalue weighted by molar-refractivity contribution is 6.30. The van der Waals surface area contributed by atoms with Gasteiger partial charge in [-0.3, -0.25) is 4.79 Å². The number of rotatable bonds is 5. The molecule has 0 aliphatic carbocycles. The molecule has 1 heterocycles. The van der Waals surface area contributed by atoms with Crippen LogP contribution in [0, 0.1) is 11.3 Å². The quantitative estimate of drug-likeness (QED) is 0.698. The molecule has 1 aromatic heterocycles. The van der Waals surface area contributed by atoms with Crippen LogP contribution in [0.5, 0.6) is 0 Å². The Morgan fingerprint density at radius 1 is 1.00 bits per heavy atom. The number of aromatic nitrogens is 1. The monoisotopic (exact) mass is 362 g/mol. The van der Waals surface area contributed by atoms with Crippen molar-refractivity contribution in [1.29, 1.82) is 5.26 Å². The second-order valence-corrected chi connectivity index (χ2v) is 6.03. The molecule has 0 spiro atoms. The van der Waals surface area contributed by atoms with Gasteiger partial charge in [-0.05, 0) is 54.1 Å². The lowest BCUT2D eigenvalue weighted by molar-refractivity contribution is -0.115. The smallest absolute Gasteiger partial charge is 0.228 e. The van der Waals surface area contributed by atoms with Gasteiger partial charge in [0.1, 0.15) is 5.82 Å². The Morgan fingerprint density at radius 3 is 2.31 bits per heavy atom. The van der Waals surface area contributed by atoms with Crippen LogP contribution in [0.4, 0.5) is 17.2 Å². The normalized spacial score (nSPS) is 10.0. The SMILES string of the molecule is N#Cc1ccc(Nc2ccc(NC(=O)Cc3ccc(Cl)cc3)cn2)cc1. The fourth-order valence-electron chi connectivity index (χ4n) is 2.31. The number of carbonyl (C=O) groups is 1. The Labute approximate surface area is 156 Å². The number of nitrogens with one attached hydrogen (secondary N) is 2. The van der Waals surface area contributed by atoms with Crippen molar-refractivity contribution in [2.45, 2.75) is 6.42 Å². The predicted octanol–water partition coefficient (Wildman–Crippen LogP) is 4.53. The van der Waals surface area contributed by atoms with Crippen molar-refractivity contribution < 1.29 is 4.79 Å². The van der Waals surface area contributed by atoms with E-state index in [0.717, 1.165) is 11.3 Å². The fourth-order valence-corrected chi connectivity index (χ4v) is 2.44. The maximum atomic E-state index is 12.1. The summed E-state index contributed by atoms with van der Waals surface area (Å²) >= 11 is 5.84. The number of amides is 1. The molecule has 0 aliphatic heterocycles. The van der Waals surface area contributed by atoms with Gasteiger partial charge in [0.2, 0.25) is 5.91 Å². The van der Waals surface area contributed by atoms with E-state index >= 15 is 0 Å². The van der Waals surface area contributed by atoms with Crippen molar-refractivity contribution in [3.63, 3.8) is 0 Å². The first-order chi connectivity index (χ1) is 12.6. The van der Waals surface area contributed by atoms with Gasteiger partial charge in [-0.1, -0.05) is 23.7 Å². The molecule has 0 aliphatic rings. The largest absolute Gasteiger partial charge is 0.340 e. The summed E-state index contributed by atoms with van der Waals surface area (Å²) in [4.78, 5) is 16.4. The van der Waals surface area contributed by atoms with Crippen LogP contribution in [0.15, 0.2) is 66.9 Å². The van der Waals surface area contributed by atoms with Crippen molar-refractivity contribution in [2.75, 3.05) is 10.6 Å². The third kappa shape index (κ3) is 4.82. The van der Waals surface area contributed by atoms with Crippen LogP contribution < -0.4 is 10.6 Å². The Morgan fingerprint density at radius 2 is 1.69 bits per heavy atom. The topological polar surface area (TPSA) is 77.8 Å². The van der Waals surface area contributed by atoms with Gasteiger partial charge in [0.25, 0.3) is 0 Å². The maximum absolute atomic E-state index is 12.1. The molecule has 3 rings (SSSR count). The van der Waals surface area contributed by atoms with Crippen LogP contribution >= 0.6 is 11.6 Å². The zero-order chi connectivity index (χ0) is 18.4. The van der Waals surface area contributed by atoms with Crippen LogP contribution in [-0.4, -0.2) is 10.9 Å². The number of carbonyl (C=O) groups excluding carboxylic acids is 1. The Balaban J connectivity index is 1.57. The average Bonchev–Trinajstić information content (AvgIpc) is 2.66. The number of hydrogen-bond donors (Lipinski definition) is 2. The van der Waals surface area contributed by atoms with Gasteiger partial charge in [-0.2, -0.15) is 5.26 Å². The molecule has 128 valence electrons. The first kappa shape index (κ1) is 17.5. The standard InChI is InChI=1S/C20H15ClN4O/c21-16-5-1-14(2-6-16)11-20(26)25-18-9-10-19(23-13-18)24-17-7-3-15(12-22)4-8-17/h1-10,13H,11H2,(H,23,24)(H,25,26). The molecule has 3 aromatic rings. The number of pyridine rings is 1. The maximum Gasteiger partial charge on any atom is 0.228 e. The summed E-state index contributed by atoms with van der Waals surface area (Å²) in [7, 11) is 0. The van der Waals surface area contributed by atoms with E-state index in [4.69, 9.17) is 16.9 Å². The summed E-state index contributed by atoms with van der Waals surface area (Å²) in [6, 6.07) is 19.9. The molecule has 0 unspecified atom stereocenters. The summed E-state index contributed by atoms with van der Waals surface area (Å²) in [6.07, 6.45) is 1.86. The number of hydrogen-bond acceptors (Lipinski definition) is 4. The van der Waals surface area contributed by atoms with Gasteiger partial charge >= 0.3 is 0 Å². The highest BCUT2D eigenvalue weighted by Gasteiger charge is 2.05. The summed E-state index contributed by atoms with van der Waals surface area (Å²) in [5.74, 6) is 0.521. The number of anilines is 3. The zero-order valence-electron chi connectivity index (χ0n) is 13.7. The van der Waals surface area contributed by atoms with Gasteiger partial charge in [-0.15, -0.1) is 0 Å². The third-order valence-electron chi connectivity index (χ3n) is 3.61. The number of benzene rings is 2. The number of nitriles is 1. The van der Waals surface area contributed by atoms with Crippen LogP contribution in [0.3, 0.4) is 0 Å². The zero-order valence-corrected chi connectivity index (χ0v) is 14.5. The lowest BCUT2D eigenvalue weighted by atomic mass is 10.1. The number of halogens is 1. The molecule has 2 aromatic carbocycles. The molecule has 0 radical (unpaired) electrons. The van der Waals surface area contributed by atoms with Crippen molar-refractivity contribution in [3.05, 3.63) is 83.0 Å². The van der Waals surface area contributed by atoms with E-state index in [2.05, 4.69) is 21.7 Å². The molecule has 0 fully saturated rings. The Bertz CT molecular complexity index is 930. The minimum Gasteiger partial charge on any atom is -0.340 e. The summed E-state index contributed by atoms with van der Waals surface area (Å²) in [5.41, 5.74) is 2.94. The summed E-state index contributed by atoms with van der Waals surface area (Å²) in [6.45, 7) is 0. The van der Waals surface area contributed by atoms with Crippen molar-refractivity contribution >= 4 is 34.7 Å². The van der Waals surface area contributed by atoms with Gasteiger partial charge < -0.3 is 10.6 Å². The van der Waals surface area contributed by atoms with Gasteiger partial charge in [0.05, 0.1) is 29.9 Å². The second kappa shape index (κ2) is 8.15. The van der Waals surface area contributed by atoms with E-state index in [0.29, 0.717) is 22.1 Å². The van der Waals surface area contributed by atoms with Crippen LogP contribution in [-0.2, 0) is 11.2 Å². The van der Waals surface area contributed by atoms with Crippen molar-refractivity contribution in [1.82, 2.24) is 4.98 Å². The fraction of sp³-hybridized carbons (Fsp3) is 0.0500. The van der Waals surface area contributed by atoms with E-state index in [9.17, 15) is 4.79 Å². The molecule has 0 saturated heterocycles. The highest BCUT2D eigenvalue weighted by atomic mass is 35.5. The van der Waals surface area contributed by atoms with Crippen LogP contribution in [0.1, 0.15) is 11.1 Å². The number of nitrogens with zero attached hydrogens (tertiary/aromatic N) is 2.